The molecule has 0 aromatic carbocycles. The molecule has 13 heavy (non-hydrogen) atoms. The first-order valence-electron chi connectivity index (χ1n) is 6.39. The first-order valence-corrected chi connectivity index (χ1v) is 6.39. The minimum Gasteiger partial charge on any atom is -0.0620 e. The van der Waals surface area contributed by atoms with Crippen molar-refractivity contribution in [1.82, 2.24) is 0 Å². The molecule has 0 heteroatoms. The maximum Gasteiger partial charge on any atom is -0.0355 e. The summed E-state index contributed by atoms with van der Waals surface area (Å²) in [6.07, 6.45) is 13.7. The summed E-state index contributed by atoms with van der Waals surface area (Å²) in [6, 6.07) is 0. The van der Waals surface area contributed by atoms with Crippen molar-refractivity contribution in [3.63, 3.8) is 0 Å². The Morgan fingerprint density at radius 2 is 1.00 bits per heavy atom. The minimum absolute atomic E-state index is 1.08. The average molecular weight is 180 g/mol. The second-order valence-electron chi connectivity index (χ2n) is 5.24. The van der Waals surface area contributed by atoms with E-state index in [0.29, 0.717) is 0 Å². The topological polar surface area (TPSA) is 0 Å². The van der Waals surface area contributed by atoms with Gasteiger partial charge >= 0.3 is 0 Å². The van der Waals surface area contributed by atoms with Gasteiger partial charge in [0.05, 0.1) is 0 Å². The molecule has 2 aliphatic rings. The molecule has 0 bridgehead atoms. The van der Waals surface area contributed by atoms with E-state index < -0.39 is 0 Å². The lowest BCUT2D eigenvalue weighted by molar-refractivity contribution is 0.553. The SMILES string of the molecule is CC1C2CCCCCCCCCC12. The molecule has 0 spiro atoms. The zero-order chi connectivity index (χ0) is 9.10. The molecule has 2 saturated carbocycles. The van der Waals surface area contributed by atoms with Gasteiger partial charge in [-0.1, -0.05) is 51.9 Å². The summed E-state index contributed by atoms with van der Waals surface area (Å²) in [6.45, 7) is 2.47. The van der Waals surface area contributed by atoms with Crippen molar-refractivity contribution in [2.24, 2.45) is 17.8 Å². The van der Waals surface area contributed by atoms with Crippen molar-refractivity contribution < 1.29 is 0 Å². The average Bonchev–Trinajstić information content (AvgIpc) is 2.75. The van der Waals surface area contributed by atoms with E-state index in [1.165, 1.54) is 44.9 Å². The molecule has 0 saturated heterocycles. The highest BCUT2D eigenvalue weighted by atomic mass is 14.5. The molecule has 0 heterocycles. The zero-order valence-corrected chi connectivity index (χ0v) is 9.10. The van der Waals surface area contributed by atoms with Crippen LogP contribution in [0.3, 0.4) is 0 Å². The summed E-state index contributed by atoms with van der Waals surface area (Å²) in [4.78, 5) is 0. The fraction of sp³-hybridized carbons (Fsp3) is 1.00. The van der Waals surface area contributed by atoms with Crippen LogP contribution < -0.4 is 0 Å². The highest BCUT2D eigenvalue weighted by Gasteiger charge is 2.44. The van der Waals surface area contributed by atoms with Crippen LogP contribution in [-0.4, -0.2) is 0 Å². The highest BCUT2D eigenvalue weighted by molar-refractivity contribution is 4.93. The number of hydrogen-bond donors (Lipinski definition) is 0. The number of hydrogen-bond acceptors (Lipinski definition) is 0. The predicted octanol–water partition coefficient (Wildman–Crippen LogP) is 4.39. The Hall–Kier alpha value is 0. The van der Waals surface area contributed by atoms with Crippen LogP contribution in [0.4, 0.5) is 0 Å². The van der Waals surface area contributed by atoms with E-state index in [9.17, 15) is 0 Å². The molecule has 0 aromatic rings. The molecule has 0 aliphatic heterocycles. The van der Waals surface area contributed by atoms with Gasteiger partial charge in [0.15, 0.2) is 0 Å². The molecule has 2 fully saturated rings. The van der Waals surface area contributed by atoms with E-state index in [-0.39, 0.29) is 0 Å². The van der Waals surface area contributed by atoms with Crippen LogP contribution in [0.5, 0.6) is 0 Å². The molecule has 0 aromatic heterocycles. The van der Waals surface area contributed by atoms with Crippen molar-refractivity contribution in [2.75, 3.05) is 0 Å². The largest absolute Gasteiger partial charge is 0.0620 e. The lowest BCUT2D eigenvalue weighted by Crippen LogP contribution is -1.83. The smallest absolute Gasteiger partial charge is 0.0355 e. The maximum absolute atomic E-state index is 2.47. The molecule has 2 rings (SSSR count). The Kier molecular flexibility index (Phi) is 3.29. The number of fused-ring (bicyclic) bond motifs is 1. The van der Waals surface area contributed by atoms with Crippen molar-refractivity contribution in [2.45, 2.75) is 64.7 Å². The van der Waals surface area contributed by atoms with Crippen LogP contribution in [0.15, 0.2) is 0 Å². The summed E-state index contributed by atoms with van der Waals surface area (Å²) < 4.78 is 0. The van der Waals surface area contributed by atoms with Gasteiger partial charge in [0, 0.05) is 0 Å². The van der Waals surface area contributed by atoms with Gasteiger partial charge in [-0.15, -0.1) is 0 Å². The van der Waals surface area contributed by atoms with Gasteiger partial charge < -0.3 is 0 Å². The van der Waals surface area contributed by atoms with Crippen LogP contribution in [0.1, 0.15) is 64.7 Å². The third-order valence-electron chi connectivity index (χ3n) is 4.33. The Labute approximate surface area is 83.1 Å². The third-order valence-corrected chi connectivity index (χ3v) is 4.33. The van der Waals surface area contributed by atoms with E-state index in [1.54, 1.807) is 12.8 Å². The first-order chi connectivity index (χ1) is 6.39. The Balaban J connectivity index is 1.75. The Bertz CT molecular complexity index is 134. The predicted molar refractivity (Wildman–Crippen MR) is 57.7 cm³/mol. The van der Waals surface area contributed by atoms with Gasteiger partial charge in [0.25, 0.3) is 0 Å². The minimum atomic E-state index is 1.08. The van der Waals surface area contributed by atoms with Gasteiger partial charge in [-0.25, -0.2) is 0 Å². The quantitative estimate of drug-likeness (QED) is 0.518. The monoisotopic (exact) mass is 180 g/mol. The first kappa shape index (κ1) is 9.55. The van der Waals surface area contributed by atoms with Crippen molar-refractivity contribution in [3.05, 3.63) is 0 Å². The van der Waals surface area contributed by atoms with Crippen LogP contribution in [-0.2, 0) is 0 Å². The summed E-state index contributed by atoms with van der Waals surface area (Å²) in [5, 5.41) is 0. The highest BCUT2D eigenvalue weighted by Crippen LogP contribution is 2.52. The van der Waals surface area contributed by atoms with E-state index in [4.69, 9.17) is 0 Å². The summed E-state index contributed by atoms with van der Waals surface area (Å²) in [5.41, 5.74) is 0. The standard InChI is InChI=1S/C13H24/c1-11-12-9-7-5-3-2-4-6-8-10-13(11)12/h11-13H,2-10H2,1H3. The lowest BCUT2D eigenvalue weighted by Gasteiger charge is -2.00. The van der Waals surface area contributed by atoms with Crippen molar-refractivity contribution >= 4 is 0 Å². The molecular weight excluding hydrogens is 156 g/mol. The number of rotatable bonds is 0. The van der Waals surface area contributed by atoms with E-state index in [0.717, 1.165) is 17.8 Å². The molecule has 0 radical (unpaired) electrons. The molecule has 2 aliphatic carbocycles. The second-order valence-corrected chi connectivity index (χ2v) is 5.24. The van der Waals surface area contributed by atoms with Gasteiger partial charge in [-0.3, -0.25) is 0 Å². The van der Waals surface area contributed by atoms with Crippen molar-refractivity contribution in [3.8, 4) is 0 Å². The molecule has 2 atom stereocenters. The lowest BCUT2D eigenvalue weighted by atomic mass is 10.1. The van der Waals surface area contributed by atoms with Gasteiger partial charge in [0.1, 0.15) is 0 Å². The molecule has 2 unspecified atom stereocenters. The summed E-state index contributed by atoms with van der Waals surface area (Å²) >= 11 is 0. The molecular formula is C13H24. The third kappa shape index (κ3) is 2.48. The molecule has 0 nitrogen and oxygen atoms in total. The fourth-order valence-corrected chi connectivity index (χ4v) is 3.23. The zero-order valence-electron chi connectivity index (χ0n) is 9.10. The second kappa shape index (κ2) is 4.48. The maximum atomic E-state index is 2.47. The van der Waals surface area contributed by atoms with Gasteiger partial charge in [-0.2, -0.15) is 0 Å². The van der Waals surface area contributed by atoms with Crippen LogP contribution in [0.25, 0.3) is 0 Å². The van der Waals surface area contributed by atoms with E-state index in [2.05, 4.69) is 6.92 Å². The van der Waals surface area contributed by atoms with Crippen molar-refractivity contribution in [1.29, 1.82) is 0 Å². The Morgan fingerprint density at radius 1 is 0.615 bits per heavy atom. The summed E-state index contributed by atoms with van der Waals surface area (Å²) in [5.74, 6) is 3.36. The van der Waals surface area contributed by atoms with Crippen LogP contribution in [0.2, 0.25) is 0 Å². The Morgan fingerprint density at radius 3 is 1.46 bits per heavy atom. The normalized spacial score (nSPS) is 41.8. The van der Waals surface area contributed by atoms with Gasteiger partial charge in [-0.05, 0) is 30.6 Å². The fourth-order valence-electron chi connectivity index (χ4n) is 3.23. The van der Waals surface area contributed by atoms with Crippen LogP contribution in [0, 0.1) is 17.8 Å². The van der Waals surface area contributed by atoms with Crippen LogP contribution >= 0.6 is 0 Å². The summed E-state index contributed by atoms with van der Waals surface area (Å²) in [7, 11) is 0. The molecule has 0 N–H and O–H groups in total. The van der Waals surface area contributed by atoms with E-state index >= 15 is 0 Å². The van der Waals surface area contributed by atoms with Gasteiger partial charge in [0.2, 0.25) is 0 Å². The van der Waals surface area contributed by atoms with E-state index in [1.807, 2.05) is 0 Å². The molecule has 76 valence electrons. The molecule has 0 amide bonds.